The highest BCUT2D eigenvalue weighted by atomic mass is 16.5. The lowest BCUT2D eigenvalue weighted by Crippen LogP contribution is -2.31. The van der Waals surface area contributed by atoms with Crippen LogP contribution >= 0.6 is 0 Å². The predicted octanol–water partition coefficient (Wildman–Crippen LogP) is 3.04. The maximum absolute atomic E-state index is 5.26. The van der Waals surface area contributed by atoms with Crippen LogP contribution in [0, 0.1) is 0 Å². The van der Waals surface area contributed by atoms with E-state index in [1.165, 1.54) is 11.1 Å². The minimum Gasteiger partial charge on any atom is -0.497 e. The molecule has 0 spiro atoms. The Morgan fingerprint density at radius 1 is 1.00 bits per heavy atom. The number of hydrogen-bond acceptors (Lipinski definition) is 5. The first kappa shape index (κ1) is 19.1. The number of methoxy groups -OCH3 is 1. The largest absolute Gasteiger partial charge is 0.497 e. The number of rotatable bonds is 9. The van der Waals surface area contributed by atoms with E-state index in [4.69, 9.17) is 4.74 Å². The Hall–Kier alpha value is -2.70. The van der Waals surface area contributed by atoms with E-state index in [0.29, 0.717) is 0 Å². The van der Waals surface area contributed by atoms with Crippen molar-refractivity contribution in [1.29, 1.82) is 0 Å². The highest BCUT2D eigenvalue weighted by Gasteiger charge is 2.14. The summed E-state index contributed by atoms with van der Waals surface area (Å²) in [5.41, 5.74) is 4.56. The summed E-state index contributed by atoms with van der Waals surface area (Å²) in [5, 5.41) is 7.44. The lowest BCUT2D eigenvalue weighted by atomic mass is 10.1. The zero-order chi connectivity index (χ0) is 19.1. The predicted molar refractivity (Wildman–Crippen MR) is 107 cm³/mol. The third-order valence-electron chi connectivity index (χ3n) is 4.48. The average Bonchev–Trinajstić information content (AvgIpc) is 3.15. The zero-order valence-electron chi connectivity index (χ0n) is 16.2. The molecule has 1 aromatic carbocycles. The molecule has 0 saturated heterocycles. The number of aromatic nitrogens is 3. The Morgan fingerprint density at radius 3 is 2.48 bits per heavy atom. The number of H-pyrrole nitrogens is 1. The molecule has 0 aliphatic rings. The van der Waals surface area contributed by atoms with E-state index in [1.54, 1.807) is 7.11 Å². The molecule has 0 atom stereocenters. The Labute approximate surface area is 160 Å². The molecular formula is C21H27N5O. The summed E-state index contributed by atoms with van der Waals surface area (Å²) in [4.78, 5) is 8.87. The van der Waals surface area contributed by atoms with Gasteiger partial charge in [0.15, 0.2) is 0 Å². The number of aromatic amines is 1. The maximum atomic E-state index is 5.26. The van der Waals surface area contributed by atoms with Crippen LogP contribution in [0.25, 0.3) is 11.3 Å². The summed E-state index contributed by atoms with van der Waals surface area (Å²) in [5.74, 6) is 0.851. The first-order chi connectivity index (χ1) is 13.2. The fourth-order valence-electron chi connectivity index (χ4n) is 2.98. The minimum atomic E-state index is 0.820. The smallest absolute Gasteiger partial charge is 0.118 e. The Bertz CT molecular complexity index is 814. The van der Waals surface area contributed by atoms with E-state index in [1.807, 2.05) is 36.8 Å². The summed E-state index contributed by atoms with van der Waals surface area (Å²) in [7, 11) is 5.88. The van der Waals surface area contributed by atoms with E-state index >= 15 is 0 Å². The number of benzene rings is 1. The highest BCUT2D eigenvalue weighted by Crippen LogP contribution is 2.25. The zero-order valence-corrected chi connectivity index (χ0v) is 16.2. The fourth-order valence-corrected chi connectivity index (χ4v) is 2.98. The van der Waals surface area contributed by atoms with Crippen LogP contribution in [0.3, 0.4) is 0 Å². The third-order valence-corrected chi connectivity index (χ3v) is 4.48. The monoisotopic (exact) mass is 365 g/mol. The van der Waals surface area contributed by atoms with Crippen molar-refractivity contribution >= 4 is 0 Å². The molecule has 1 N–H and O–H groups in total. The van der Waals surface area contributed by atoms with Gasteiger partial charge in [0.25, 0.3) is 0 Å². The van der Waals surface area contributed by atoms with Crippen LogP contribution in [-0.2, 0) is 13.1 Å². The summed E-state index contributed by atoms with van der Waals surface area (Å²) in [6.45, 7) is 3.64. The van der Waals surface area contributed by atoms with Crippen molar-refractivity contribution in [1.82, 2.24) is 25.0 Å². The van der Waals surface area contributed by atoms with Gasteiger partial charge in [0.1, 0.15) is 5.75 Å². The molecule has 3 rings (SSSR count). The summed E-state index contributed by atoms with van der Waals surface area (Å²) < 4.78 is 5.26. The van der Waals surface area contributed by atoms with E-state index in [2.05, 4.69) is 57.3 Å². The van der Waals surface area contributed by atoms with Crippen LogP contribution in [0.1, 0.15) is 11.1 Å². The molecule has 0 aliphatic carbocycles. The second kappa shape index (κ2) is 9.30. The molecule has 0 bridgehead atoms. The average molecular weight is 365 g/mol. The number of nitrogens with zero attached hydrogens (tertiary/aromatic N) is 4. The number of nitrogens with one attached hydrogen (secondary N) is 1. The minimum absolute atomic E-state index is 0.820. The van der Waals surface area contributed by atoms with Crippen molar-refractivity contribution < 1.29 is 4.74 Å². The second-order valence-corrected chi connectivity index (χ2v) is 6.87. The summed E-state index contributed by atoms with van der Waals surface area (Å²) >= 11 is 0. The Morgan fingerprint density at radius 2 is 1.81 bits per heavy atom. The molecule has 142 valence electrons. The van der Waals surface area contributed by atoms with E-state index in [9.17, 15) is 0 Å². The number of likely N-dealkylation sites (N-methyl/N-ethyl adjacent to an activating group) is 1. The van der Waals surface area contributed by atoms with Crippen molar-refractivity contribution in [2.24, 2.45) is 0 Å². The summed E-state index contributed by atoms with van der Waals surface area (Å²) in [6, 6.07) is 12.2. The van der Waals surface area contributed by atoms with Gasteiger partial charge in [0, 0.05) is 49.7 Å². The first-order valence-electron chi connectivity index (χ1n) is 9.08. The molecule has 0 radical (unpaired) electrons. The maximum Gasteiger partial charge on any atom is 0.118 e. The Balaban J connectivity index is 1.77. The Kier molecular flexibility index (Phi) is 6.57. The van der Waals surface area contributed by atoms with Crippen LogP contribution in [-0.4, -0.2) is 59.3 Å². The van der Waals surface area contributed by atoms with Crippen LogP contribution in [0.4, 0.5) is 0 Å². The lowest BCUT2D eigenvalue weighted by Gasteiger charge is -2.24. The van der Waals surface area contributed by atoms with Crippen LogP contribution in [0.15, 0.2) is 55.0 Å². The normalized spacial score (nSPS) is 11.3. The van der Waals surface area contributed by atoms with E-state index in [-0.39, 0.29) is 0 Å². The van der Waals surface area contributed by atoms with Crippen LogP contribution in [0.2, 0.25) is 0 Å². The molecule has 0 fully saturated rings. The quantitative estimate of drug-likeness (QED) is 0.632. The van der Waals surface area contributed by atoms with Crippen molar-refractivity contribution in [3.05, 3.63) is 66.1 Å². The molecule has 6 heteroatoms. The van der Waals surface area contributed by atoms with Gasteiger partial charge < -0.3 is 9.64 Å². The van der Waals surface area contributed by atoms with Crippen LogP contribution < -0.4 is 4.74 Å². The van der Waals surface area contributed by atoms with Gasteiger partial charge in [0.2, 0.25) is 0 Å². The standard InChI is InChI=1S/C21H27N5O/c1-25(2)11-12-26(15-17-5-4-10-22-13-17)16-19-14-23-24-21(19)18-6-8-20(27-3)9-7-18/h4-10,13-14H,11-12,15-16H2,1-3H3,(H,23,24). The molecule has 0 aliphatic heterocycles. The molecule has 27 heavy (non-hydrogen) atoms. The summed E-state index contributed by atoms with van der Waals surface area (Å²) in [6.07, 6.45) is 5.67. The van der Waals surface area contributed by atoms with Gasteiger partial charge in [-0.2, -0.15) is 5.10 Å². The molecule has 2 aromatic heterocycles. The van der Waals surface area contributed by atoms with Crippen molar-refractivity contribution in [2.75, 3.05) is 34.3 Å². The molecule has 3 aromatic rings. The van der Waals surface area contributed by atoms with Gasteiger partial charge in [0.05, 0.1) is 19.0 Å². The van der Waals surface area contributed by atoms with Gasteiger partial charge in [-0.15, -0.1) is 0 Å². The molecule has 2 heterocycles. The fraction of sp³-hybridized carbons (Fsp3) is 0.333. The second-order valence-electron chi connectivity index (χ2n) is 6.87. The van der Waals surface area contributed by atoms with Crippen molar-refractivity contribution in [3.63, 3.8) is 0 Å². The van der Waals surface area contributed by atoms with Gasteiger partial charge in [-0.05, 0) is 50.0 Å². The molecule has 0 saturated carbocycles. The van der Waals surface area contributed by atoms with Gasteiger partial charge in [-0.3, -0.25) is 15.0 Å². The topological polar surface area (TPSA) is 57.3 Å². The first-order valence-corrected chi connectivity index (χ1v) is 9.08. The van der Waals surface area contributed by atoms with Gasteiger partial charge >= 0.3 is 0 Å². The number of pyridine rings is 1. The number of hydrogen-bond donors (Lipinski definition) is 1. The van der Waals surface area contributed by atoms with Crippen molar-refractivity contribution in [2.45, 2.75) is 13.1 Å². The molecule has 6 nitrogen and oxygen atoms in total. The van der Waals surface area contributed by atoms with E-state index in [0.717, 1.165) is 43.2 Å². The van der Waals surface area contributed by atoms with Gasteiger partial charge in [-0.1, -0.05) is 6.07 Å². The third kappa shape index (κ3) is 5.39. The van der Waals surface area contributed by atoms with E-state index < -0.39 is 0 Å². The van der Waals surface area contributed by atoms with Crippen molar-refractivity contribution in [3.8, 4) is 17.0 Å². The highest BCUT2D eigenvalue weighted by molar-refractivity contribution is 5.63. The molecule has 0 amide bonds. The SMILES string of the molecule is COc1ccc(-c2[nH]ncc2CN(CCN(C)C)Cc2cccnc2)cc1. The number of ether oxygens (including phenoxy) is 1. The van der Waals surface area contributed by atoms with Gasteiger partial charge in [-0.25, -0.2) is 0 Å². The lowest BCUT2D eigenvalue weighted by molar-refractivity contribution is 0.226. The molecule has 0 unspecified atom stereocenters. The molecular weight excluding hydrogens is 338 g/mol. The van der Waals surface area contributed by atoms with Crippen LogP contribution in [0.5, 0.6) is 5.75 Å².